The van der Waals surface area contributed by atoms with E-state index in [0.717, 1.165) is 0 Å². The average molecular weight is 152 g/mol. The molecule has 56 valence electrons. The molecule has 0 atom stereocenters. The Morgan fingerprint density at radius 2 is 1.70 bits per heavy atom. The fourth-order valence-electron chi connectivity index (χ4n) is 0.397. The first-order valence-corrected chi connectivity index (χ1v) is 7.08. The van der Waals surface area contributed by atoms with Gasteiger partial charge < -0.3 is 0 Å². The monoisotopic (exact) mass is 152 g/mol. The summed E-state index contributed by atoms with van der Waals surface area (Å²) in [5.74, 6) is 3.07. The summed E-state index contributed by atoms with van der Waals surface area (Å²) >= 11 is 0. The van der Waals surface area contributed by atoms with Crippen LogP contribution in [-0.2, 0) is 0 Å². The molecule has 0 fully saturated rings. The molecule has 0 bridgehead atoms. The van der Waals surface area contributed by atoms with Crippen LogP contribution in [0, 0.1) is 11.5 Å². The van der Waals surface area contributed by atoms with E-state index in [1.165, 1.54) is 5.57 Å². The molecule has 0 aliphatic heterocycles. The summed E-state index contributed by atoms with van der Waals surface area (Å²) in [6, 6.07) is 0. The molecule has 0 heterocycles. The van der Waals surface area contributed by atoms with Crippen LogP contribution in [0.4, 0.5) is 0 Å². The zero-order valence-corrected chi connectivity index (χ0v) is 8.58. The molecule has 0 N–H and O–H groups in total. The van der Waals surface area contributed by atoms with E-state index in [0.29, 0.717) is 0 Å². The van der Waals surface area contributed by atoms with Crippen molar-refractivity contribution in [2.24, 2.45) is 0 Å². The molecule has 0 aliphatic rings. The van der Waals surface area contributed by atoms with Crippen molar-refractivity contribution in [2.45, 2.75) is 33.5 Å². The standard InChI is InChI=1S/C9H16Si/c1-9(2)7-6-8-10(3,4)5/h7H,1-5H3. The first-order valence-electron chi connectivity index (χ1n) is 3.58. The Kier molecular flexibility index (Phi) is 3.45. The molecule has 0 radical (unpaired) electrons. The van der Waals surface area contributed by atoms with Crippen molar-refractivity contribution in [2.75, 3.05) is 0 Å². The summed E-state index contributed by atoms with van der Waals surface area (Å²) in [5.41, 5.74) is 4.55. The molecule has 0 saturated carbocycles. The van der Waals surface area contributed by atoms with Gasteiger partial charge in [-0.2, -0.15) is 0 Å². The highest BCUT2D eigenvalue weighted by Gasteiger charge is 2.06. The Morgan fingerprint density at radius 1 is 1.20 bits per heavy atom. The van der Waals surface area contributed by atoms with Gasteiger partial charge in [-0.3, -0.25) is 0 Å². The summed E-state index contributed by atoms with van der Waals surface area (Å²) in [5, 5.41) is 0. The minimum absolute atomic E-state index is 1.13. The van der Waals surface area contributed by atoms with Crippen molar-refractivity contribution in [3.63, 3.8) is 0 Å². The third-order valence-electron chi connectivity index (χ3n) is 0.808. The second kappa shape index (κ2) is 3.63. The van der Waals surface area contributed by atoms with Crippen molar-refractivity contribution in [1.29, 1.82) is 0 Å². The zero-order chi connectivity index (χ0) is 8.20. The summed E-state index contributed by atoms with van der Waals surface area (Å²) in [6.45, 7) is 10.9. The molecule has 0 nitrogen and oxygen atoms in total. The van der Waals surface area contributed by atoms with Crippen molar-refractivity contribution in [1.82, 2.24) is 0 Å². The summed E-state index contributed by atoms with van der Waals surface area (Å²) in [6.07, 6.45) is 1.98. The highest BCUT2D eigenvalue weighted by atomic mass is 28.3. The first kappa shape index (κ1) is 9.52. The van der Waals surface area contributed by atoms with E-state index in [4.69, 9.17) is 0 Å². The van der Waals surface area contributed by atoms with Crippen molar-refractivity contribution < 1.29 is 0 Å². The lowest BCUT2D eigenvalue weighted by molar-refractivity contribution is 1.40. The number of rotatable bonds is 0. The van der Waals surface area contributed by atoms with Gasteiger partial charge in [-0.1, -0.05) is 31.1 Å². The van der Waals surface area contributed by atoms with E-state index >= 15 is 0 Å². The number of hydrogen-bond donors (Lipinski definition) is 0. The van der Waals surface area contributed by atoms with Gasteiger partial charge in [0.25, 0.3) is 0 Å². The van der Waals surface area contributed by atoms with Gasteiger partial charge >= 0.3 is 0 Å². The SMILES string of the molecule is CC(C)=CC#C[Si](C)(C)C. The highest BCUT2D eigenvalue weighted by molar-refractivity contribution is 6.83. The molecule has 0 unspecified atom stereocenters. The van der Waals surface area contributed by atoms with Crippen LogP contribution in [0.5, 0.6) is 0 Å². The Hall–Kier alpha value is -0.483. The molecule has 0 saturated heterocycles. The van der Waals surface area contributed by atoms with Crippen LogP contribution in [0.15, 0.2) is 11.6 Å². The van der Waals surface area contributed by atoms with Crippen molar-refractivity contribution in [3.05, 3.63) is 11.6 Å². The van der Waals surface area contributed by atoms with Crippen LogP contribution < -0.4 is 0 Å². The van der Waals surface area contributed by atoms with Crippen molar-refractivity contribution >= 4 is 8.07 Å². The summed E-state index contributed by atoms with van der Waals surface area (Å²) < 4.78 is 0. The van der Waals surface area contributed by atoms with Gasteiger partial charge in [0.2, 0.25) is 0 Å². The summed E-state index contributed by atoms with van der Waals surface area (Å²) in [7, 11) is -1.13. The van der Waals surface area contributed by atoms with Crippen LogP contribution in [0.25, 0.3) is 0 Å². The number of allylic oxidation sites excluding steroid dienone is 2. The van der Waals surface area contributed by atoms with Gasteiger partial charge in [-0.05, 0) is 19.9 Å². The average Bonchev–Trinajstić information content (AvgIpc) is 1.59. The van der Waals surface area contributed by atoms with E-state index in [9.17, 15) is 0 Å². The van der Waals surface area contributed by atoms with Gasteiger partial charge in [-0.25, -0.2) is 0 Å². The summed E-state index contributed by atoms with van der Waals surface area (Å²) in [4.78, 5) is 0. The van der Waals surface area contributed by atoms with Gasteiger partial charge in [-0.15, -0.1) is 5.54 Å². The largest absolute Gasteiger partial charge is 0.129 e. The van der Waals surface area contributed by atoms with E-state index in [1.807, 2.05) is 6.08 Å². The van der Waals surface area contributed by atoms with Crippen LogP contribution in [0.1, 0.15) is 13.8 Å². The maximum atomic E-state index is 3.27. The second-order valence-electron chi connectivity index (χ2n) is 3.74. The Bertz CT molecular complexity index is 179. The maximum absolute atomic E-state index is 3.27. The molecule has 0 spiro atoms. The van der Waals surface area contributed by atoms with Crippen LogP contribution in [0.2, 0.25) is 19.6 Å². The second-order valence-corrected chi connectivity index (χ2v) is 8.49. The van der Waals surface area contributed by atoms with Crippen LogP contribution in [-0.4, -0.2) is 8.07 Å². The first-order chi connectivity index (χ1) is 4.42. The molecule has 1 heteroatoms. The molecule has 0 aliphatic carbocycles. The lowest BCUT2D eigenvalue weighted by Crippen LogP contribution is -2.16. The lowest BCUT2D eigenvalue weighted by Gasteiger charge is -2.02. The Labute approximate surface area is 65.3 Å². The molecular formula is C9H16Si. The molecule has 10 heavy (non-hydrogen) atoms. The number of hydrogen-bond acceptors (Lipinski definition) is 0. The minimum atomic E-state index is -1.13. The van der Waals surface area contributed by atoms with Crippen LogP contribution >= 0.6 is 0 Å². The quantitative estimate of drug-likeness (QED) is 0.370. The third kappa shape index (κ3) is 7.52. The van der Waals surface area contributed by atoms with Crippen LogP contribution in [0.3, 0.4) is 0 Å². The predicted octanol–water partition coefficient (Wildman–Crippen LogP) is 2.83. The molecule has 0 aromatic carbocycles. The Morgan fingerprint density at radius 3 is 2.00 bits per heavy atom. The van der Waals surface area contributed by atoms with E-state index < -0.39 is 8.07 Å². The van der Waals surface area contributed by atoms with E-state index in [1.54, 1.807) is 0 Å². The highest BCUT2D eigenvalue weighted by Crippen LogP contribution is 1.96. The minimum Gasteiger partial charge on any atom is -0.127 e. The molecular weight excluding hydrogens is 136 g/mol. The van der Waals surface area contributed by atoms with E-state index in [2.05, 4.69) is 45.0 Å². The van der Waals surface area contributed by atoms with Gasteiger partial charge in [0.05, 0.1) is 0 Å². The maximum Gasteiger partial charge on any atom is 0.129 e. The third-order valence-corrected chi connectivity index (χ3v) is 1.70. The normalized spacial score (nSPS) is 9.70. The molecule has 0 rings (SSSR count). The molecule has 0 aromatic rings. The van der Waals surface area contributed by atoms with Gasteiger partial charge in [0, 0.05) is 0 Å². The topological polar surface area (TPSA) is 0 Å². The molecule has 0 aromatic heterocycles. The molecule has 0 amide bonds. The fourth-order valence-corrected chi connectivity index (χ4v) is 0.902. The van der Waals surface area contributed by atoms with Crippen molar-refractivity contribution in [3.8, 4) is 11.5 Å². The Balaban J connectivity index is 4.07. The van der Waals surface area contributed by atoms with E-state index in [-0.39, 0.29) is 0 Å². The smallest absolute Gasteiger partial charge is 0.127 e. The zero-order valence-electron chi connectivity index (χ0n) is 7.58. The fraction of sp³-hybridized carbons (Fsp3) is 0.556. The lowest BCUT2D eigenvalue weighted by atomic mass is 10.3. The van der Waals surface area contributed by atoms with Gasteiger partial charge in [0.15, 0.2) is 0 Å². The van der Waals surface area contributed by atoms with Gasteiger partial charge in [0.1, 0.15) is 8.07 Å². The predicted molar refractivity (Wildman–Crippen MR) is 50.6 cm³/mol.